The molecule has 2 bridgehead atoms. The highest BCUT2D eigenvalue weighted by Crippen LogP contribution is 2.74. The first kappa shape index (κ1) is 12.8. The maximum absolute atomic E-state index is 11.2. The SMILES string of the molecule is Cc1c(Cl)cccc1C12CC(CS(=O)(=O)Cl)(C1)C2. The van der Waals surface area contributed by atoms with Crippen LogP contribution in [0, 0.1) is 12.3 Å². The van der Waals surface area contributed by atoms with Gasteiger partial charge in [-0.25, -0.2) is 8.42 Å². The minimum Gasteiger partial charge on any atom is -0.212 e. The molecule has 0 aromatic heterocycles. The molecule has 0 amide bonds. The van der Waals surface area contributed by atoms with E-state index in [2.05, 4.69) is 6.07 Å². The Morgan fingerprint density at radius 1 is 1.28 bits per heavy atom. The second kappa shape index (κ2) is 3.65. The molecule has 3 saturated carbocycles. The smallest absolute Gasteiger partial charge is 0.212 e. The zero-order valence-corrected chi connectivity index (χ0v) is 12.4. The van der Waals surface area contributed by atoms with Gasteiger partial charge in [0.15, 0.2) is 0 Å². The molecular formula is C13H14Cl2O2S. The topological polar surface area (TPSA) is 34.1 Å². The molecule has 2 nitrogen and oxygen atoms in total. The Hall–Kier alpha value is -0.250. The fourth-order valence-electron chi connectivity index (χ4n) is 3.98. The lowest BCUT2D eigenvalue weighted by molar-refractivity contribution is -0.122. The molecule has 18 heavy (non-hydrogen) atoms. The maximum Gasteiger partial charge on any atom is 0.233 e. The Bertz CT molecular complexity index is 602. The van der Waals surface area contributed by atoms with Gasteiger partial charge in [-0.05, 0) is 54.2 Å². The molecule has 3 aliphatic rings. The van der Waals surface area contributed by atoms with Crippen molar-refractivity contribution in [2.45, 2.75) is 31.6 Å². The Balaban J connectivity index is 1.82. The van der Waals surface area contributed by atoms with Gasteiger partial charge in [0.2, 0.25) is 9.05 Å². The molecule has 98 valence electrons. The lowest BCUT2D eigenvalue weighted by Crippen LogP contribution is -2.66. The van der Waals surface area contributed by atoms with Gasteiger partial charge in [0.25, 0.3) is 0 Å². The van der Waals surface area contributed by atoms with Crippen LogP contribution >= 0.6 is 22.3 Å². The molecule has 3 aliphatic carbocycles. The van der Waals surface area contributed by atoms with Crippen LogP contribution < -0.4 is 0 Å². The van der Waals surface area contributed by atoms with Crippen LogP contribution in [0.15, 0.2) is 18.2 Å². The van der Waals surface area contributed by atoms with Gasteiger partial charge in [-0.3, -0.25) is 0 Å². The Kier molecular flexibility index (Phi) is 2.59. The Morgan fingerprint density at radius 2 is 1.89 bits per heavy atom. The first-order valence-corrected chi connectivity index (χ1v) is 8.79. The van der Waals surface area contributed by atoms with Gasteiger partial charge < -0.3 is 0 Å². The number of halogens is 2. The van der Waals surface area contributed by atoms with Crippen molar-refractivity contribution in [2.24, 2.45) is 5.41 Å². The molecule has 1 aromatic rings. The summed E-state index contributed by atoms with van der Waals surface area (Å²) in [5, 5.41) is 0.788. The first-order valence-electron chi connectivity index (χ1n) is 5.93. The van der Waals surface area contributed by atoms with Crippen molar-refractivity contribution in [3.05, 3.63) is 34.3 Å². The molecule has 1 aromatic carbocycles. The summed E-state index contributed by atoms with van der Waals surface area (Å²) in [6.45, 7) is 2.03. The molecule has 0 radical (unpaired) electrons. The van der Waals surface area contributed by atoms with Crippen LogP contribution in [-0.2, 0) is 14.5 Å². The van der Waals surface area contributed by atoms with E-state index in [1.165, 1.54) is 5.56 Å². The van der Waals surface area contributed by atoms with Gasteiger partial charge in [0.1, 0.15) is 0 Å². The normalized spacial score (nSPS) is 33.7. The molecule has 5 heteroatoms. The van der Waals surface area contributed by atoms with Crippen molar-refractivity contribution in [1.82, 2.24) is 0 Å². The fraction of sp³-hybridized carbons (Fsp3) is 0.538. The quantitative estimate of drug-likeness (QED) is 0.799. The van der Waals surface area contributed by atoms with E-state index < -0.39 is 9.05 Å². The lowest BCUT2D eigenvalue weighted by atomic mass is 9.34. The summed E-state index contributed by atoms with van der Waals surface area (Å²) in [5.41, 5.74) is 2.51. The largest absolute Gasteiger partial charge is 0.233 e. The standard InChI is InChI=1S/C13H14Cl2O2S/c1-9-10(3-2-4-11(9)14)13-5-12(6-13,7-13)8-18(15,16)17/h2-4H,5-8H2,1H3. The van der Waals surface area contributed by atoms with Crippen molar-refractivity contribution in [1.29, 1.82) is 0 Å². The van der Waals surface area contributed by atoms with E-state index in [9.17, 15) is 8.42 Å². The molecule has 3 fully saturated rings. The van der Waals surface area contributed by atoms with Gasteiger partial charge >= 0.3 is 0 Å². The molecule has 0 N–H and O–H groups in total. The summed E-state index contributed by atoms with van der Waals surface area (Å²) in [5.74, 6) is 0.114. The van der Waals surface area contributed by atoms with Crippen molar-refractivity contribution in [3.8, 4) is 0 Å². The minimum absolute atomic E-state index is 0.0602. The van der Waals surface area contributed by atoms with Crippen LogP contribution in [0.4, 0.5) is 0 Å². The highest BCUT2D eigenvalue weighted by Gasteiger charge is 2.69. The zero-order chi connectivity index (χ0) is 13.2. The van der Waals surface area contributed by atoms with E-state index in [1.54, 1.807) is 0 Å². The van der Waals surface area contributed by atoms with Crippen LogP contribution in [0.1, 0.15) is 30.4 Å². The summed E-state index contributed by atoms with van der Waals surface area (Å²) in [6, 6.07) is 5.97. The van der Waals surface area contributed by atoms with Crippen LogP contribution in [-0.4, -0.2) is 14.2 Å². The van der Waals surface area contributed by atoms with Crippen molar-refractivity contribution in [3.63, 3.8) is 0 Å². The average Bonchev–Trinajstić information content (AvgIpc) is 2.13. The third-order valence-electron chi connectivity index (χ3n) is 4.46. The molecule has 0 heterocycles. The first-order chi connectivity index (χ1) is 8.25. The van der Waals surface area contributed by atoms with Crippen LogP contribution in [0.5, 0.6) is 0 Å². The Morgan fingerprint density at radius 3 is 2.44 bits per heavy atom. The van der Waals surface area contributed by atoms with E-state index >= 15 is 0 Å². The predicted octanol–water partition coefficient (Wildman–Crippen LogP) is 3.64. The number of hydrogen-bond acceptors (Lipinski definition) is 2. The molecule has 0 aliphatic heterocycles. The van der Waals surface area contributed by atoms with E-state index in [4.69, 9.17) is 22.3 Å². The molecular weight excluding hydrogens is 291 g/mol. The third-order valence-corrected chi connectivity index (χ3v) is 6.15. The highest BCUT2D eigenvalue weighted by atomic mass is 35.7. The van der Waals surface area contributed by atoms with Crippen molar-refractivity contribution >= 4 is 31.3 Å². The second-order valence-electron chi connectivity index (χ2n) is 5.91. The van der Waals surface area contributed by atoms with Crippen molar-refractivity contribution in [2.75, 3.05) is 5.75 Å². The minimum atomic E-state index is -3.39. The van der Waals surface area contributed by atoms with Gasteiger partial charge in [-0.15, -0.1) is 0 Å². The maximum atomic E-state index is 11.2. The lowest BCUT2D eigenvalue weighted by Gasteiger charge is -2.71. The number of benzene rings is 1. The molecule has 0 unspecified atom stereocenters. The van der Waals surface area contributed by atoms with E-state index in [0.29, 0.717) is 0 Å². The van der Waals surface area contributed by atoms with Gasteiger partial charge in [0, 0.05) is 15.7 Å². The summed E-state index contributed by atoms with van der Waals surface area (Å²) < 4.78 is 22.3. The monoisotopic (exact) mass is 304 g/mol. The summed E-state index contributed by atoms with van der Waals surface area (Å²) >= 11 is 6.14. The molecule has 0 atom stereocenters. The summed E-state index contributed by atoms with van der Waals surface area (Å²) in [4.78, 5) is 0. The second-order valence-corrected chi connectivity index (χ2v) is 9.09. The van der Waals surface area contributed by atoms with Crippen LogP contribution in [0.25, 0.3) is 0 Å². The van der Waals surface area contributed by atoms with Crippen LogP contribution in [0.3, 0.4) is 0 Å². The average molecular weight is 305 g/mol. The number of hydrogen-bond donors (Lipinski definition) is 0. The Labute approximate surface area is 117 Å². The van der Waals surface area contributed by atoms with E-state index in [-0.39, 0.29) is 16.6 Å². The summed E-state index contributed by atoms with van der Waals surface area (Å²) in [7, 11) is 1.97. The number of rotatable bonds is 3. The highest BCUT2D eigenvalue weighted by molar-refractivity contribution is 8.13. The molecule has 0 saturated heterocycles. The van der Waals surface area contributed by atoms with Crippen LogP contribution in [0.2, 0.25) is 5.02 Å². The fourth-order valence-corrected chi connectivity index (χ4v) is 5.89. The third kappa shape index (κ3) is 1.79. The molecule has 4 rings (SSSR count). The van der Waals surface area contributed by atoms with Gasteiger partial charge in [-0.1, -0.05) is 23.7 Å². The van der Waals surface area contributed by atoms with E-state index in [1.807, 2.05) is 19.1 Å². The summed E-state index contributed by atoms with van der Waals surface area (Å²) in [6.07, 6.45) is 2.77. The zero-order valence-electron chi connectivity index (χ0n) is 10.0. The van der Waals surface area contributed by atoms with E-state index in [0.717, 1.165) is 29.8 Å². The van der Waals surface area contributed by atoms with Gasteiger partial charge in [0.05, 0.1) is 5.75 Å². The van der Waals surface area contributed by atoms with Crippen molar-refractivity contribution < 1.29 is 8.42 Å². The molecule has 0 spiro atoms. The van der Waals surface area contributed by atoms with Gasteiger partial charge in [-0.2, -0.15) is 0 Å². The predicted molar refractivity (Wildman–Crippen MR) is 73.8 cm³/mol.